The molecular formula is C17H18N2O4. The number of benzene rings is 2. The van der Waals surface area contributed by atoms with E-state index in [2.05, 4.69) is 5.32 Å². The van der Waals surface area contributed by atoms with Gasteiger partial charge in [0.25, 0.3) is 11.6 Å². The van der Waals surface area contributed by atoms with Gasteiger partial charge in [-0.3, -0.25) is 14.9 Å². The fourth-order valence-corrected chi connectivity index (χ4v) is 2.35. The van der Waals surface area contributed by atoms with Crippen LogP contribution in [-0.4, -0.2) is 22.0 Å². The molecule has 0 fully saturated rings. The summed E-state index contributed by atoms with van der Waals surface area (Å²) in [5.74, 6) is -0.0596. The van der Waals surface area contributed by atoms with Crippen molar-refractivity contribution in [3.05, 3.63) is 69.3 Å². The highest BCUT2D eigenvalue weighted by Crippen LogP contribution is 2.17. The molecule has 6 nitrogen and oxygen atoms in total. The van der Waals surface area contributed by atoms with E-state index in [0.717, 1.165) is 5.56 Å². The highest BCUT2D eigenvalue weighted by Gasteiger charge is 2.15. The lowest BCUT2D eigenvalue weighted by molar-refractivity contribution is -0.384. The summed E-state index contributed by atoms with van der Waals surface area (Å²) in [5, 5.41) is 22.9. The summed E-state index contributed by atoms with van der Waals surface area (Å²) >= 11 is 0. The zero-order valence-electron chi connectivity index (χ0n) is 12.9. The largest absolute Gasteiger partial charge is 0.508 e. The normalized spacial score (nSPS) is 11.7. The summed E-state index contributed by atoms with van der Waals surface area (Å²) in [4.78, 5) is 22.5. The third-order valence-corrected chi connectivity index (χ3v) is 3.52. The van der Waals surface area contributed by atoms with Gasteiger partial charge in [0.15, 0.2) is 0 Å². The van der Waals surface area contributed by atoms with Crippen LogP contribution in [0, 0.1) is 17.0 Å². The molecule has 0 aliphatic carbocycles. The van der Waals surface area contributed by atoms with Crippen LogP contribution in [0.1, 0.15) is 28.4 Å². The second-order valence-electron chi connectivity index (χ2n) is 5.50. The Bertz CT molecular complexity index is 726. The fourth-order valence-electron chi connectivity index (χ4n) is 2.35. The minimum Gasteiger partial charge on any atom is -0.508 e. The van der Waals surface area contributed by atoms with E-state index in [4.69, 9.17) is 0 Å². The van der Waals surface area contributed by atoms with E-state index in [-0.39, 0.29) is 23.4 Å². The second-order valence-corrected chi connectivity index (χ2v) is 5.50. The number of aryl methyl sites for hydroxylation is 1. The highest BCUT2D eigenvalue weighted by molar-refractivity contribution is 5.96. The van der Waals surface area contributed by atoms with E-state index >= 15 is 0 Å². The molecule has 0 aromatic heterocycles. The molecule has 0 aliphatic rings. The van der Waals surface area contributed by atoms with Crippen LogP contribution < -0.4 is 5.32 Å². The van der Waals surface area contributed by atoms with Crippen LogP contribution in [0.25, 0.3) is 0 Å². The van der Waals surface area contributed by atoms with Crippen molar-refractivity contribution in [2.75, 3.05) is 0 Å². The highest BCUT2D eigenvalue weighted by atomic mass is 16.6. The van der Waals surface area contributed by atoms with Crippen LogP contribution in [0.15, 0.2) is 42.5 Å². The van der Waals surface area contributed by atoms with Gasteiger partial charge in [-0.25, -0.2) is 0 Å². The van der Waals surface area contributed by atoms with E-state index in [1.54, 1.807) is 31.2 Å². The quantitative estimate of drug-likeness (QED) is 0.655. The lowest BCUT2D eigenvalue weighted by Gasteiger charge is -2.15. The molecule has 0 saturated heterocycles. The fraction of sp³-hybridized carbons (Fsp3) is 0.235. The van der Waals surface area contributed by atoms with Gasteiger partial charge in [-0.15, -0.1) is 0 Å². The molecule has 2 N–H and O–H groups in total. The van der Waals surface area contributed by atoms with Crippen molar-refractivity contribution in [3.8, 4) is 5.75 Å². The Labute approximate surface area is 133 Å². The van der Waals surface area contributed by atoms with Crippen molar-refractivity contribution < 1.29 is 14.8 Å². The lowest BCUT2D eigenvalue weighted by Crippen LogP contribution is -2.34. The molecule has 0 spiro atoms. The van der Waals surface area contributed by atoms with E-state index in [1.807, 2.05) is 6.92 Å². The van der Waals surface area contributed by atoms with Crippen molar-refractivity contribution in [2.24, 2.45) is 0 Å². The van der Waals surface area contributed by atoms with Gasteiger partial charge in [0, 0.05) is 23.7 Å². The number of hydrogen-bond donors (Lipinski definition) is 2. The predicted molar refractivity (Wildman–Crippen MR) is 86.6 cm³/mol. The molecule has 0 bridgehead atoms. The topological polar surface area (TPSA) is 92.5 Å². The Morgan fingerprint density at radius 3 is 2.48 bits per heavy atom. The Morgan fingerprint density at radius 2 is 1.91 bits per heavy atom. The first-order chi connectivity index (χ1) is 10.9. The maximum atomic E-state index is 12.3. The first kappa shape index (κ1) is 16.5. The molecule has 2 aromatic carbocycles. The molecule has 0 heterocycles. The van der Waals surface area contributed by atoms with Crippen molar-refractivity contribution in [1.82, 2.24) is 5.32 Å². The summed E-state index contributed by atoms with van der Waals surface area (Å²) < 4.78 is 0. The first-order valence-corrected chi connectivity index (χ1v) is 7.20. The number of carbonyl (C=O) groups excluding carboxylic acids is 1. The van der Waals surface area contributed by atoms with Gasteiger partial charge in [-0.05, 0) is 49.6 Å². The van der Waals surface area contributed by atoms with Crippen molar-refractivity contribution in [1.29, 1.82) is 0 Å². The Hall–Kier alpha value is -2.89. The zero-order valence-corrected chi connectivity index (χ0v) is 12.9. The molecule has 0 unspecified atom stereocenters. The Balaban J connectivity index is 2.03. The van der Waals surface area contributed by atoms with Crippen LogP contribution in [0.2, 0.25) is 0 Å². The molecule has 0 radical (unpaired) electrons. The monoisotopic (exact) mass is 314 g/mol. The molecule has 2 aromatic rings. The van der Waals surface area contributed by atoms with Crippen LogP contribution in [0.4, 0.5) is 5.69 Å². The predicted octanol–water partition coefficient (Wildman–Crippen LogP) is 2.97. The van der Waals surface area contributed by atoms with Gasteiger partial charge >= 0.3 is 0 Å². The molecule has 2 rings (SSSR count). The van der Waals surface area contributed by atoms with E-state index in [0.29, 0.717) is 17.5 Å². The zero-order chi connectivity index (χ0) is 17.0. The summed E-state index contributed by atoms with van der Waals surface area (Å²) in [6.07, 6.45) is 0.623. The number of phenols is 1. The number of hydrogen-bond acceptors (Lipinski definition) is 4. The summed E-state index contributed by atoms with van der Waals surface area (Å²) in [6.45, 7) is 3.55. The molecular weight excluding hydrogens is 296 g/mol. The second kappa shape index (κ2) is 6.91. The average molecular weight is 314 g/mol. The smallest absolute Gasteiger partial charge is 0.269 e. The standard InChI is InChI=1S/C17H18N2O4/c1-11-9-14(19(22)23)5-8-16(11)17(21)18-12(2)10-13-3-6-15(20)7-4-13/h3-9,12,20H,10H2,1-2H3,(H,18,21)/t12-/m1/s1. The number of nitrogens with zero attached hydrogens (tertiary/aromatic N) is 1. The minimum absolute atomic E-state index is 0.0313. The summed E-state index contributed by atoms with van der Waals surface area (Å²) in [7, 11) is 0. The maximum Gasteiger partial charge on any atom is 0.269 e. The van der Waals surface area contributed by atoms with Gasteiger partial charge in [0.2, 0.25) is 0 Å². The Kier molecular flexibility index (Phi) is 4.95. The SMILES string of the molecule is Cc1cc([N+](=O)[O-])ccc1C(=O)N[C@H](C)Cc1ccc(O)cc1. The number of amides is 1. The summed E-state index contributed by atoms with van der Waals surface area (Å²) in [6, 6.07) is 10.9. The van der Waals surface area contributed by atoms with Gasteiger partial charge in [0.1, 0.15) is 5.75 Å². The molecule has 6 heteroatoms. The van der Waals surface area contributed by atoms with Crippen LogP contribution in [0.3, 0.4) is 0 Å². The van der Waals surface area contributed by atoms with Crippen LogP contribution >= 0.6 is 0 Å². The number of nitro benzene ring substituents is 1. The van der Waals surface area contributed by atoms with Gasteiger partial charge in [0.05, 0.1) is 4.92 Å². The number of rotatable bonds is 5. The number of non-ortho nitro benzene ring substituents is 1. The van der Waals surface area contributed by atoms with Crippen LogP contribution in [-0.2, 0) is 6.42 Å². The summed E-state index contributed by atoms with van der Waals surface area (Å²) in [5.41, 5.74) is 1.95. The molecule has 1 amide bonds. The molecule has 120 valence electrons. The molecule has 0 saturated carbocycles. The average Bonchev–Trinajstić information content (AvgIpc) is 2.49. The van der Waals surface area contributed by atoms with Crippen LogP contribution in [0.5, 0.6) is 5.75 Å². The Morgan fingerprint density at radius 1 is 1.26 bits per heavy atom. The number of phenolic OH excluding ortho intramolecular Hbond substituents is 1. The number of nitrogens with one attached hydrogen (secondary N) is 1. The molecule has 0 aliphatic heterocycles. The van der Waals surface area contributed by atoms with Gasteiger partial charge < -0.3 is 10.4 Å². The van der Waals surface area contributed by atoms with E-state index in [9.17, 15) is 20.0 Å². The lowest BCUT2D eigenvalue weighted by atomic mass is 10.0. The maximum absolute atomic E-state index is 12.3. The number of aromatic hydroxyl groups is 1. The molecule has 1 atom stereocenters. The first-order valence-electron chi connectivity index (χ1n) is 7.20. The molecule has 23 heavy (non-hydrogen) atoms. The number of nitro groups is 1. The third kappa shape index (κ3) is 4.29. The van der Waals surface area contributed by atoms with E-state index in [1.165, 1.54) is 18.2 Å². The number of carbonyl (C=O) groups is 1. The van der Waals surface area contributed by atoms with Gasteiger partial charge in [-0.2, -0.15) is 0 Å². The van der Waals surface area contributed by atoms with Gasteiger partial charge in [-0.1, -0.05) is 12.1 Å². The van der Waals surface area contributed by atoms with Crippen molar-refractivity contribution >= 4 is 11.6 Å². The van der Waals surface area contributed by atoms with E-state index < -0.39 is 4.92 Å². The third-order valence-electron chi connectivity index (χ3n) is 3.52. The van der Waals surface area contributed by atoms with Crippen molar-refractivity contribution in [3.63, 3.8) is 0 Å². The minimum atomic E-state index is -0.484. The van der Waals surface area contributed by atoms with Crippen molar-refractivity contribution in [2.45, 2.75) is 26.3 Å².